The molecule has 0 saturated carbocycles. The van der Waals surface area contributed by atoms with Crippen molar-refractivity contribution in [3.63, 3.8) is 0 Å². The highest BCUT2D eigenvalue weighted by Gasteiger charge is 2.50. The Kier molecular flexibility index (Phi) is 4.34. The molecule has 5 aliphatic rings. The molecule has 4 aliphatic heterocycles. The molecule has 3 fully saturated rings. The minimum absolute atomic E-state index is 0.435. The molecule has 166 valence electrons. The van der Waals surface area contributed by atoms with E-state index in [-0.39, 0.29) is 0 Å². The first-order chi connectivity index (χ1) is 15.7. The van der Waals surface area contributed by atoms with Gasteiger partial charge in [-0.3, -0.25) is 0 Å². The lowest BCUT2D eigenvalue weighted by Gasteiger charge is -2.47. The lowest BCUT2D eigenvalue weighted by atomic mass is 9.71. The first-order valence-electron chi connectivity index (χ1n) is 12.8. The zero-order valence-corrected chi connectivity index (χ0v) is 18.9. The van der Waals surface area contributed by atoms with Gasteiger partial charge in [-0.15, -0.1) is 0 Å². The molecule has 3 atom stereocenters. The second kappa shape index (κ2) is 7.18. The van der Waals surface area contributed by atoms with Gasteiger partial charge in [0.25, 0.3) is 0 Å². The minimum Gasteiger partial charge on any atom is -0.379 e. The van der Waals surface area contributed by atoms with E-state index in [0.29, 0.717) is 12.0 Å². The van der Waals surface area contributed by atoms with Crippen LogP contribution < -0.4 is 9.80 Å². The number of rotatable bonds is 3. The predicted octanol–water partition coefficient (Wildman–Crippen LogP) is 1.61. The highest BCUT2D eigenvalue weighted by Crippen LogP contribution is 2.42. The van der Waals surface area contributed by atoms with Crippen LogP contribution >= 0.6 is 0 Å². The van der Waals surface area contributed by atoms with E-state index < -0.39 is 5.60 Å². The van der Waals surface area contributed by atoms with Gasteiger partial charge in [0.15, 0.2) is 0 Å². The number of nitrogens with one attached hydrogen (secondary N) is 2. The summed E-state index contributed by atoms with van der Waals surface area (Å²) in [5.74, 6) is 0.435. The molecule has 5 heterocycles. The third kappa shape index (κ3) is 2.79. The van der Waals surface area contributed by atoms with Crippen LogP contribution in [0.1, 0.15) is 54.1 Å². The van der Waals surface area contributed by atoms with Crippen molar-refractivity contribution in [3.8, 4) is 0 Å². The van der Waals surface area contributed by atoms with Gasteiger partial charge in [0.2, 0.25) is 0 Å². The fourth-order valence-corrected chi connectivity index (χ4v) is 7.68. The molecular formula is C28H35N3O+2. The highest BCUT2D eigenvalue weighted by atomic mass is 16.3. The molecule has 1 aromatic heterocycles. The van der Waals surface area contributed by atoms with Gasteiger partial charge in [-0.1, -0.05) is 36.4 Å². The van der Waals surface area contributed by atoms with Crippen LogP contribution in [0.4, 0.5) is 0 Å². The van der Waals surface area contributed by atoms with Crippen molar-refractivity contribution in [2.24, 2.45) is 5.92 Å². The molecule has 4 nitrogen and oxygen atoms in total. The Morgan fingerprint density at radius 3 is 2.62 bits per heavy atom. The van der Waals surface area contributed by atoms with Crippen molar-refractivity contribution in [1.82, 2.24) is 4.57 Å². The second-order valence-corrected chi connectivity index (χ2v) is 10.9. The summed E-state index contributed by atoms with van der Waals surface area (Å²) in [7, 11) is 0. The normalized spacial score (nSPS) is 33.4. The molecule has 2 aromatic carbocycles. The SMILES string of the molecule is O[C@@]1(c2ccc3c(c2)c2c4n3CC[NH+](Cc3ccccc3)[C@@H]4CCC2)C[NH+]2CCC1CC2. The van der Waals surface area contributed by atoms with Crippen LogP contribution in [0.5, 0.6) is 0 Å². The van der Waals surface area contributed by atoms with Gasteiger partial charge < -0.3 is 19.5 Å². The number of benzene rings is 2. The van der Waals surface area contributed by atoms with Crippen LogP contribution in [0.25, 0.3) is 10.9 Å². The van der Waals surface area contributed by atoms with Gasteiger partial charge in [0.1, 0.15) is 24.7 Å². The number of fused-ring (bicyclic) bond motifs is 6. The van der Waals surface area contributed by atoms with Crippen molar-refractivity contribution >= 4 is 10.9 Å². The van der Waals surface area contributed by atoms with Crippen LogP contribution in [0.3, 0.4) is 0 Å². The maximum Gasteiger partial charge on any atom is 0.141 e. The Hall–Kier alpha value is -2.14. The monoisotopic (exact) mass is 429 g/mol. The first kappa shape index (κ1) is 19.3. The van der Waals surface area contributed by atoms with E-state index in [1.807, 2.05) is 0 Å². The highest BCUT2D eigenvalue weighted by molar-refractivity contribution is 5.87. The number of aliphatic hydroxyl groups is 1. The number of hydrogen-bond acceptors (Lipinski definition) is 1. The fourth-order valence-electron chi connectivity index (χ4n) is 7.68. The van der Waals surface area contributed by atoms with Gasteiger partial charge in [0.05, 0.1) is 31.9 Å². The quantitative estimate of drug-likeness (QED) is 0.581. The van der Waals surface area contributed by atoms with Crippen molar-refractivity contribution < 1.29 is 14.9 Å². The van der Waals surface area contributed by atoms with E-state index in [1.165, 1.54) is 73.8 Å². The molecule has 8 rings (SSSR count). The fraction of sp³-hybridized carbons (Fsp3) is 0.500. The van der Waals surface area contributed by atoms with Gasteiger partial charge in [-0.2, -0.15) is 0 Å². The summed E-state index contributed by atoms with van der Waals surface area (Å²) >= 11 is 0. The van der Waals surface area contributed by atoms with Crippen molar-refractivity contribution in [2.75, 3.05) is 26.2 Å². The molecule has 32 heavy (non-hydrogen) atoms. The molecular weight excluding hydrogens is 394 g/mol. The summed E-state index contributed by atoms with van der Waals surface area (Å²) in [6.07, 6.45) is 6.11. The maximum absolute atomic E-state index is 11.8. The van der Waals surface area contributed by atoms with Crippen LogP contribution in [0.2, 0.25) is 0 Å². The van der Waals surface area contributed by atoms with E-state index in [4.69, 9.17) is 0 Å². The van der Waals surface area contributed by atoms with Crippen LogP contribution in [0, 0.1) is 5.92 Å². The molecule has 3 saturated heterocycles. The Morgan fingerprint density at radius 1 is 1.00 bits per heavy atom. The number of nitrogens with zero attached hydrogens (tertiary/aromatic N) is 1. The average Bonchev–Trinajstić information content (AvgIpc) is 3.17. The van der Waals surface area contributed by atoms with E-state index in [9.17, 15) is 5.11 Å². The zero-order valence-electron chi connectivity index (χ0n) is 18.9. The maximum atomic E-state index is 11.8. The average molecular weight is 430 g/mol. The Morgan fingerprint density at radius 2 is 1.84 bits per heavy atom. The van der Waals surface area contributed by atoms with Gasteiger partial charge in [-0.05, 0) is 36.1 Å². The topological polar surface area (TPSA) is 34.0 Å². The second-order valence-electron chi connectivity index (χ2n) is 10.9. The van der Waals surface area contributed by atoms with Gasteiger partial charge in [-0.25, -0.2) is 0 Å². The summed E-state index contributed by atoms with van der Waals surface area (Å²) < 4.78 is 2.64. The van der Waals surface area contributed by atoms with E-state index in [1.54, 1.807) is 21.1 Å². The first-order valence-corrected chi connectivity index (χ1v) is 12.8. The third-order valence-corrected chi connectivity index (χ3v) is 9.27. The van der Waals surface area contributed by atoms with Crippen LogP contribution in [-0.2, 0) is 25.1 Å². The standard InChI is InChI=1S/C28H33N3O/c32-28(19-29-13-11-21(28)12-14-29)22-9-10-25-24(17-22)23-7-4-8-26-27(23)31(25)16-15-30(26)18-20-5-2-1-3-6-20/h1-3,5-6,9-10,17,21,26,32H,4,7-8,11-16,18-19H2/p+2/t26-,28+/m1/s1. The summed E-state index contributed by atoms with van der Waals surface area (Å²) in [6.45, 7) is 6.80. The Labute approximate surface area is 190 Å². The van der Waals surface area contributed by atoms with E-state index in [0.717, 1.165) is 19.6 Å². The number of quaternary nitrogens is 2. The molecule has 1 aliphatic carbocycles. The molecule has 3 N–H and O–H groups in total. The Balaban J connectivity index is 1.29. The largest absolute Gasteiger partial charge is 0.379 e. The summed E-state index contributed by atoms with van der Waals surface area (Å²) in [5.41, 5.74) is 6.60. The molecule has 4 heteroatoms. The summed E-state index contributed by atoms with van der Waals surface area (Å²) in [6, 6.07) is 18.6. The molecule has 0 spiro atoms. The molecule has 0 radical (unpaired) electrons. The Bertz CT molecular complexity index is 1160. The number of piperidine rings is 3. The molecule has 3 aromatic rings. The summed E-state index contributed by atoms with van der Waals surface area (Å²) in [5, 5.41) is 13.2. The van der Waals surface area contributed by atoms with Crippen molar-refractivity contribution in [3.05, 3.63) is 70.9 Å². The number of aromatic nitrogens is 1. The molecule has 2 bridgehead atoms. The summed E-state index contributed by atoms with van der Waals surface area (Å²) in [4.78, 5) is 3.32. The molecule has 1 unspecified atom stereocenters. The zero-order chi connectivity index (χ0) is 21.3. The van der Waals surface area contributed by atoms with Gasteiger partial charge >= 0.3 is 0 Å². The van der Waals surface area contributed by atoms with E-state index in [2.05, 4.69) is 53.1 Å². The van der Waals surface area contributed by atoms with Gasteiger partial charge in [0, 0.05) is 41.6 Å². The third-order valence-electron chi connectivity index (χ3n) is 9.27. The predicted molar refractivity (Wildman–Crippen MR) is 126 cm³/mol. The lowest BCUT2D eigenvalue weighted by Crippen LogP contribution is -3.17. The lowest BCUT2D eigenvalue weighted by molar-refractivity contribution is -0.950. The minimum atomic E-state index is -0.631. The smallest absolute Gasteiger partial charge is 0.141 e. The van der Waals surface area contributed by atoms with Crippen LogP contribution in [-0.4, -0.2) is 35.9 Å². The van der Waals surface area contributed by atoms with Crippen molar-refractivity contribution in [2.45, 2.75) is 56.8 Å². The van der Waals surface area contributed by atoms with Crippen LogP contribution in [0.15, 0.2) is 48.5 Å². The molecule has 0 amide bonds. The van der Waals surface area contributed by atoms with E-state index >= 15 is 0 Å². The number of aryl methyl sites for hydroxylation is 1. The van der Waals surface area contributed by atoms with Crippen molar-refractivity contribution in [1.29, 1.82) is 0 Å². The number of hydrogen-bond donors (Lipinski definition) is 3.